The molecule has 0 radical (unpaired) electrons. The number of nitrogens with one attached hydrogen (secondary N) is 2. The van der Waals surface area contributed by atoms with E-state index in [1.54, 1.807) is 0 Å². The molecule has 0 aliphatic rings. The Hall–Kier alpha value is -2.14. The first kappa shape index (κ1) is 15.3. The van der Waals surface area contributed by atoms with E-state index in [1.165, 1.54) is 6.07 Å². The molecule has 21 heavy (non-hydrogen) atoms. The Morgan fingerprint density at radius 1 is 1.33 bits per heavy atom. The second kappa shape index (κ2) is 7.04. The average Bonchev–Trinajstić information content (AvgIpc) is 2.45. The topological polar surface area (TPSA) is 67.0 Å². The lowest BCUT2D eigenvalue weighted by Crippen LogP contribution is -2.24. The van der Waals surface area contributed by atoms with Crippen LogP contribution in [0.25, 0.3) is 11.4 Å². The monoisotopic (exact) mass is 287 g/mol. The zero-order valence-corrected chi connectivity index (χ0v) is 12.6. The quantitative estimate of drug-likeness (QED) is 0.855. The molecule has 1 aromatic heterocycles. The fourth-order valence-electron chi connectivity index (χ4n) is 1.98. The van der Waals surface area contributed by atoms with Crippen LogP contribution in [-0.4, -0.2) is 22.6 Å². The van der Waals surface area contributed by atoms with Crippen LogP contribution in [-0.2, 0) is 6.54 Å². The van der Waals surface area contributed by atoms with Crippen LogP contribution in [0.4, 0.5) is 0 Å². The molecule has 0 unspecified atom stereocenters. The minimum absolute atomic E-state index is 0.160. The van der Waals surface area contributed by atoms with Crippen molar-refractivity contribution < 1.29 is 4.74 Å². The lowest BCUT2D eigenvalue weighted by atomic mass is 10.2. The number of rotatable bonds is 6. The third-order valence-corrected chi connectivity index (χ3v) is 2.93. The minimum Gasteiger partial charge on any atom is -0.493 e. The van der Waals surface area contributed by atoms with Crippen molar-refractivity contribution in [1.82, 2.24) is 15.3 Å². The van der Waals surface area contributed by atoms with Crippen molar-refractivity contribution >= 4 is 0 Å². The highest BCUT2D eigenvalue weighted by atomic mass is 16.5. The predicted molar refractivity (Wildman–Crippen MR) is 83.4 cm³/mol. The SMILES string of the molecule is CCOc1ccccc1-c1nc(CNC(C)C)cc(=O)[nH]1. The number of ether oxygens (including phenoxy) is 1. The summed E-state index contributed by atoms with van der Waals surface area (Å²) in [6.45, 7) is 7.16. The Morgan fingerprint density at radius 3 is 2.81 bits per heavy atom. The van der Waals surface area contributed by atoms with Gasteiger partial charge >= 0.3 is 0 Å². The first-order chi connectivity index (χ1) is 10.1. The van der Waals surface area contributed by atoms with E-state index >= 15 is 0 Å². The van der Waals surface area contributed by atoms with Gasteiger partial charge in [0.1, 0.15) is 11.6 Å². The Kier molecular flexibility index (Phi) is 5.11. The molecule has 0 aliphatic heterocycles. The Labute approximate surface area is 124 Å². The van der Waals surface area contributed by atoms with E-state index in [0.717, 1.165) is 11.3 Å². The van der Waals surface area contributed by atoms with E-state index in [-0.39, 0.29) is 5.56 Å². The summed E-state index contributed by atoms with van der Waals surface area (Å²) in [6, 6.07) is 9.42. The average molecular weight is 287 g/mol. The first-order valence-corrected chi connectivity index (χ1v) is 7.16. The second-order valence-electron chi connectivity index (χ2n) is 5.05. The number of hydrogen-bond acceptors (Lipinski definition) is 4. The van der Waals surface area contributed by atoms with E-state index in [9.17, 15) is 4.79 Å². The maximum atomic E-state index is 11.8. The molecule has 0 fully saturated rings. The van der Waals surface area contributed by atoms with Crippen molar-refractivity contribution in [2.24, 2.45) is 0 Å². The molecular weight excluding hydrogens is 266 g/mol. The fourth-order valence-corrected chi connectivity index (χ4v) is 1.98. The summed E-state index contributed by atoms with van der Waals surface area (Å²) in [6.07, 6.45) is 0. The zero-order chi connectivity index (χ0) is 15.2. The molecule has 0 saturated carbocycles. The molecule has 0 atom stereocenters. The van der Waals surface area contributed by atoms with Crippen LogP contribution in [0, 0.1) is 0 Å². The molecule has 0 amide bonds. The number of nitrogens with zero attached hydrogens (tertiary/aromatic N) is 1. The maximum absolute atomic E-state index is 11.8. The van der Waals surface area contributed by atoms with Crippen molar-refractivity contribution in [1.29, 1.82) is 0 Å². The summed E-state index contributed by atoms with van der Waals surface area (Å²) >= 11 is 0. The number of H-pyrrole nitrogens is 1. The van der Waals surface area contributed by atoms with Crippen molar-refractivity contribution in [3.63, 3.8) is 0 Å². The van der Waals surface area contributed by atoms with Crippen molar-refractivity contribution in [3.05, 3.63) is 46.4 Å². The standard InChI is InChI=1S/C16H21N3O2/c1-4-21-14-8-6-5-7-13(14)16-18-12(9-15(20)19-16)10-17-11(2)3/h5-9,11,17H,4,10H2,1-3H3,(H,18,19,20). The molecule has 0 spiro atoms. The van der Waals surface area contributed by atoms with Crippen LogP contribution in [0.3, 0.4) is 0 Å². The van der Waals surface area contributed by atoms with Crippen molar-refractivity contribution in [2.45, 2.75) is 33.4 Å². The number of hydrogen-bond donors (Lipinski definition) is 2. The molecule has 2 rings (SSSR count). The van der Waals surface area contributed by atoms with Gasteiger partial charge in [-0.25, -0.2) is 4.98 Å². The largest absolute Gasteiger partial charge is 0.493 e. The molecule has 2 aromatic rings. The zero-order valence-electron chi connectivity index (χ0n) is 12.6. The van der Waals surface area contributed by atoms with Gasteiger partial charge in [0.15, 0.2) is 0 Å². The molecule has 112 valence electrons. The molecule has 0 saturated heterocycles. The number of aromatic nitrogens is 2. The number of aromatic amines is 1. The van der Waals surface area contributed by atoms with Crippen LogP contribution < -0.4 is 15.6 Å². The van der Waals surface area contributed by atoms with Gasteiger partial charge in [-0.15, -0.1) is 0 Å². The summed E-state index contributed by atoms with van der Waals surface area (Å²) in [5.41, 5.74) is 1.35. The number of para-hydroxylation sites is 1. The third kappa shape index (κ3) is 4.16. The van der Waals surface area contributed by atoms with Crippen LogP contribution in [0.5, 0.6) is 5.75 Å². The summed E-state index contributed by atoms with van der Waals surface area (Å²) < 4.78 is 5.59. The molecule has 5 heteroatoms. The van der Waals surface area contributed by atoms with Crippen LogP contribution in [0.15, 0.2) is 35.1 Å². The van der Waals surface area contributed by atoms with E-state index in [2.05, 4.69) is 29.1 Å². The van der Waals surface area contributed by atoms with E-state index in [1.807, 2.05) is 31.2 Å². The van der Waals surface area contributed by atoms with Gasteiger partial charge < -0.3 is 15.0 Å². The van der Waals surface area contributed by atoms with Crippen LogP contribution in [0.1, 0.15) is 26.5 Å². The Bertz CT molecular complexity index is 650. The van der Waals surface area contributed by atoms with Gasteiger partial charge in [0, 0.05) is 18.7 Å². The Morgan fingerprint density at radius 2 is 2.10 bits per heavy atom. The fraction of sp³-hybridized carbons (Fsp3) is 0.375. The molecule has 1 aromatic carbocycles. The normalized spacial score (nSPS) is 10.9. The Balaban J connectivity index is 2.37. The van der Waals surface area contributed by atoms with Gasteiger partial charge in [-0.1, -0.05) is 26.0 Å². The van der Waals surface area contributed by atoms with E-state index in [0.29, 0.717) is 30.7 Å². The highest BCUT2D eigenvalue weighted by Crippen LogP contribution is 2.26. The molecule has 5 nitrogen and oxygen atoms in total. The number of benzene rings is 1. The highest BCUT2D eigenvalue weighted by Gasteiger charge is 2.09. The summed E-state index contributed by atoms with van der Waals surface area (Å²) in [4.78, 5) is 19.1. The minimum atomic E-state index is -0.160. The van der Waals surface area contributed by atoms with Gasteiger partial charge in [0.2, 0.25) is 0 Å². The van der Waals surface area contributed by atoms with Crippen molar-refractivity contribution in [3.8, 4) is 17.1 Å². The van der Waals surface area contributed by atoms with Crippen LogP contribution >= 0.6 is 0 Å². The molecule has 0 aliphatic carbocycles. The summed E-state index contributed by atoms with van der Waals surface area (Å²) in [7, 11) is 0. The van der Waals surface area contributed by atoms with Crippen LogP contribution in [0.2, 0.25) is 0 Å². The molecular formula is C16H21N3O2. The van der Waals surface area contributed by atoms with Gasteiger partial charge in [0.05, 0.1) is 17.9 Å². The van der Waals surface area contributed by atoms with E-state index < -0.39 is 0 Å². The summed E-state index contributed by atoms with van der Waals surface area (Å²) in [5.74, 6) is 1.25. The summed E-state index contributed by atoms with van der Waals surface area (Å²) in [5, 5.41) is 3.26. The van der Waals surface area contributed by atoms with Gasteiger partial charge in [-0.3, -0.25) is 4.79 Å². The van der Waals surface area contributed by atoms with Gasteiger partial charge in [-0.05, 0) is 19.1 Å². The van der Waals surface area contributed by atoms with E-state index in [4.69, 9.17) is 4.74 Å². The second-order valence-corrected chi connectivity index (χ2v) is 5.05. The third-order valence-electron chi connectivity index (χ3n) is 2.93. The maximum Gasteiger partial charge on any atom is 0.251 e. The lowest BCUT2D eigenvalue weighted by molar-refractivity contribution is 0.341. The predicted octanol–water partition coefficient (Wildman–Crippen LogP) is 2.33. The van der Waals surface area contributed by atoms with Crippen molar-refractivity contribution in [2.75, 3.05) is 6.61 Å². The van der Waals surface area contributed by atoms with Gasteiger partial charge in [0.25, 0.3) is 5.56 Å². The molecule has 2 N–H and O–H groups in total. The lowest BCUT2D eigenvalue weighted by Gasteiger charge is -2.11. The first-order valence-electron chi connectivity index (χ1n) is 7.16. The molecule has 1 heterocycles. The highest BCUT2D eigenvalue weighted by molar-refractivity contribution is 5.63. The molecule has 0 bridgehead atoms. The van der Waals surface area contributed by atoms with Gasteiger partial charge in [-0.2, -0.15) is 0 Å². The smallest absolute Gasteiger partial charge is 0.251 e.